The second-order valence-electron chi connectivity index (χ2n) is 4.76. The van der Waals surface area contributed by atoms with E-state index >= 15 is 0 Å². The molecule has 0 aliphatic rings. The number of rotatable bonds is 7. The molecule has 19 heavy (non-hydrogen) atoms. The summed E-state index contributed by atoms with van der Waals surface area (Å²) in [5.41, 5.74) is 1.59. The average Bonchev–Trinajstić information content (AvgIpc) is 2.34. The molecule has 0 bridgehead atoms. The summed E-state index contributed by atoms with van der Waals surface area (Å²) in [6.45, 7) is 7.40. The van der Waals surface area contributed by atoms with Gasteiger partial charge in [0, 0.05) is 6.04 Å². The number of carboxylic acids is 1. The lowest BCUT2D eigenvalue weighted by molar-refractivity contribution is -0.138. The Morgan fingerprint density at radius 2 is 2.00 bits per heavy atom. The number of hydrogen-bond acceptors (Lipinski definition) is 2. The second kappa shape index (κ2) is 7.24. The van der Waals surface area contributed by atoms with Crippen molar-refractivity contribution >= 4 is 5.97 Å². The standard InChI is InChI=1S/C15H22FNO2/c1-4-17(5-2)13(10-15(18)19)9-12-6-7-14(16)11(3)8-12/h6-8,13H,4-5,9-10H2,1-3H3,(H,18,19). The molecule has 106 valence electrons. The highest BCUT2D eigenvalue weighted by Gasteiger charge is 2.19. The zero-order chi connectivity index (χ0) is 14.4. The molecule has 1 rings (SSSR count). The summed E-state index contributed by atoms with van der Waals surface area (Å²) < 4.78 is 13.2. The van der Waals surface area contributed by atoms with Gasteiger partial charge in [0.1, 0.15) is 5.82 Å². The van der Waals surface area contributed by atoms with Gasteiger partial charge in [-0.15, -0.1) is 0 Å². The van der Waals surface area contributed by atoms with Gasteiger partial charge in [-0.2, -0.15) is 0 Å². The minimum Gasteiger partial charge on any atom is -0.481 e. The van der Waals surface area contributed by atoms with E-state index in [0.717, 1.165) is 18.7 Å². The van der Waals surface area contributed by atoms with E-state index in [-0.39, 0.29) is 18.3 Å². The Morgan fingerprint density at radius 3 is 2.47 bits per heavy atom. The number of benzene rings is 1. The molecule has 0 aromatic heterocycles. The minimum absolute atomic E-state index is 0.0441. The van der Waals surface area contributed by atoms with Crippen LogP contribution in [0.3, 0.4) is 0 Å². The van der Waals surface area contributed by atoms with E-state index in [0.29, 0.717) is 12.0 Å². The van der Waals surface area contributed by atoms with Gasteiger partial charge in [-0.1, -0.05) is 26.0 Å². The maximum Gasteiger partial charge on any atom is 0.304 e. The van der Waals surface area contributed by atoms with Crippen LogP contribution in [-0.2, 0) is 11.2 Å². The highest BCUT2D eigenvalue weighted by atomic mass is 19.1. The first-order valence-corrected chi connectivity index (χ1v) is 6.68. The lowest BCUT2D eigenvalue weighted by Gasteiger charge is -2.28. The second-order valence-corrected chi connectivity index (χ2v) is 4.76. The van der Waals surface area contributed by atoms with Crippen molar-refractivity contribution < 1.29 is 14.3 Å². The smallest absolute Gasteiger partial charge is 0.304 e. The summed E-state index contributed by atoms with van der Waals surface area (Å²) in [4.78, 5) is 13.1. The van der Waals surface area contributed by atoms with Crippen molar-refractivity contribution in [1.29, 1.82) is 0 Å². The molecule has 3 nitrogen and oxygen atoms in total. The lowest BCUT2D eigenvalue weighted by atomic mass is 10.00. The van der Waals surface area contributed by atoms with Crippen LogP contribution in [-0.4, -0.2) is 35.1 Å². The largest absolute Gasteiger partial charge is 0.481 e. The van der Waals surface area contributed by atoms with Crippen LogP contribution in [0.25, 0.3) is 0 Å². The molecule has 0 amide bonds. The number of likely N-dealkylation sites (N-methyl/N-ethyl adjacent to an activating group) is 1. The molecule has 1 aromatic rings. The van der Waals surface area contributed by atoms with Gasteiger partial charge in [0.25, 0.3) is 0 Å². The molecule has 0 aliphatic carbocycles. The Kier molecular flexibility index (Phi) is 5.96. The molecule has 0 fully saturated rings. The van der Waals surface area contributed by atoms with Crippen molar-refractivity contribution in [2.75, 3.05) is 13.1 Å². The van der Waals surface area contributed by atoms with Crippen LogP contribution in [0.15, 0.2) is 18.2 Å². The fourth-order valence-electron chi connectivity index (χ4n) is 2.38. The van der Waals surface area contributed by atoms with E-state index in [1.165, 1.54) is 6.07 Å². The van der Waals surface area contributed by atoms with Crippen molar-refractivity contribution in [2.24, 2.45) is 0 Å². The molecule has 1 unspecified atom stereocenters. The summed E-state index contributed by atoms with van der Waals surface area (Å²) in [6, 6.07) is 4.94. The number of aryl methyl sites for hydroxylation is 1. The van der Waals surface area contributed by atoms with Gasteiger partial charge in [-0.3, -0.25) is 4.79 Å². The van der Waals surface area contributed by atoms with Crippen molar-refractivity contribution in [3.63, 3.8) is 0 Å². The summed E-state index contributed by atoms with van der Waals surface area (Å²) in [7, 11) is 0. The third-order valence-corrected chi connectivity index (χ3v) is 3.43. The third kappa shape index (κ3) is 4.63. The van der Waals surface area contributed by atoms with Crippen molar-refractivity contribution in [1.82, 2.24) is 4.90 Å². The summed E-state index contributed by atoms with van der Waals surface area (Å²) in [5.74, 6) is -1.02. The summed E-state index contributed by atoms with van der Waals surface area (Å²) in [6.07, 6.45) is 0.743. The number of halogens is 1. The normalized spacial score (nSPS) is 12.7. The predicted octanol–water partition coefficient (Wildman–Crippen LogP) is 2.86. The molecule has 1 atom stereocenters. The highest BCUT2D eigenvalue weighted by Crippen LogP contribution is 2.15. The number of aliphatic carboxylic acids is 1. The number of hydrogen-bond donors (Lipinski definition) is 1. The van der Waals surface area contributed by atoms with Gasteiger partial charge in [-0.05, 0) is 43.6 Å². The zero-order valence-electron chi connectivity index (χ0n) is 11.8. The molecule has 0 saturated carbocycles. The Bertz CT molecular complexity index is 430. The molecular formula is C15H22FNO2. The first kappa shape index (κ1) is 15.6. The maximum absolute atomic E-state index is 13.2. The van der Waals surface area contributed by atoms with Crippen LogP contribution in [0.4, 0.5) is 4.39 Å². The highest BCUT2D eigenvalue weighted by molar-refractivity contribution is 5.67. The van der Waals surface area contributed by atoms with Gasteiger partial charge < -0.3 is 10.0 Å². The van der Waals surface area contributed by atoms with Crippen LogP contribution < -0.4 is 0 Å². The maximum atomic E-state index is 13.2. The predicted molar refractivity (Wildman–Crippen MR) is 73.8 cm³/mol. The fourth-order valence-corrected chi connectivity index (χ4v) is 2.38. The van der Waals surface area contributed by atoms with Crippen LogP contribution >= 0.6 is 0 Å². The van der Waals surface area contributed by atoms with Gasteiger partial charge in [0.15, 0.2) is 0 Å². The van der Waals surface area contributed by atoms with Gasteiger partial charge in [0.05, 0.1) is 6.42 Å². The molecule has 0 heterocycles. The van der Waals surface area contributed by atoms with E-state index in [1.54, 1.807) is 19.1 Å². The lowest BCUT2D eigenvalue weighted by Crippen LogP contribution is -2.38. The zero-order valence-corrected chi connectivity index (χ0v) is 11.8. The van der Waals surface area contributed by atoms with Crippen LogP contribution in [0, 0.1) is 12.7 Å². The van der Waals surface area contributed by atoms with E-state index in [4.69, 9.17) is 5.11 Å². The molecule has 4 heteroatoms. The van der Waals surface area contributed by atoms with E-state index < -0.39 is 5.97 Å². The van der Waals surface area contributed by atoms with Crippen LogP contribution in [0.2, 0.25) is 0 Å². The first-order valence-electron chi connectivity index (χ1n) is 6.68. The Balaban J connectivity index is 2.86. The van der Waals surface area contributed by atoms with Crippen molar-refractivity contribution in [2.45, 2.75) is 39.7 Å². The quantitative estimate of drug-likeness (QED) is 0.826. The average molecular weight is 267 g/mol. The summed E-state index contributed by atoms with van der Waals surface area (Å²) in [5, 5.41) is 9.01. The van der Waals surface area contributed by atoms with E-state index in [2.05, 4.69) is 4.90 Å². The number of carboxylic acid groups (broad SMARTS) is 1. The molecule has 1 N–H and O–H groups in total. The molecule has 1 aromatic carbocycles. The summed E-state index contributed by atoms with van der Waals surface area (Å²) >= 11 is 0. The first-order chi connectivity index (χ1) is 8.97. The topological polar surface area (TPSA) is 40.5 Å². The van der Waals surface area contributed by atoms with E-state index in [9.17, 15) is 9.18 Å². The minimum atomic E-state index is -0.796. The molecule has 0 radical (unpaired) electrons. The Hall–Kier alpha value is -1.42. The molecule has 0 spiro atoms. The molecule has 0 aliphatic heterocycles. The SMILES string of the molecule is CCN(CC)C(CC(=O)O)Cc1ccc(F)c(C)c1. The molecule has 0 saturated heterocycles. The third-order valence-electron chi connectivity index (χ3n) is 3.43. The Labute approximate surface area is 114 Å². The van der Waals surface area contributed by atoms with Gasteiger partial charge >= 0.3 is 5.97 Å². The molecular weight excluding hydrogens is 245 g/mol. The fraction of sp³-hybridized carbons (Fsp3) is 0.533. The van der Waals surface area contributed by atoms with Gasteiger partial charge in [-0.25, -0.2) is 4.39 Å². The number of carbonyl (C=O) groups is 1. The van der Waals surface area contributed by atoms with E-state index in [1.807, 2.05) is 13.8 Å². The van der Waals surface area contributed by atoms with Crippen molar-refractivity contribution in [3.05, 3.63) is 35.1 Å². The number of nitrogens with zero attached hydrogens (tertiary/aromatic N) is 1. The van der Waals surface area contributed by atoms with Gasteiger partial charge in [0.2, 0.25) is 0 Å². The van der Waals surface area contributed by atoms with Crippen molar-refractivity contribution in [3.8, 4) is 0 Å². The van der Waals surface area contributed by atoms with Crippen LogP contribution in [0.1, 0.15) is 31.4 Å². The monoisotopic (exact) mass is 267 g/mol. The Morgan fingerprint density at radius 1 is 1.37 bits per heavy atom. The van der Waals surface area contributed by atoms with Crippen LogP contribution in [0.5, 0.6) is 0 Å².